The topological polar surface area (TPSA) is 42.4 Å². The van der Waals surface area contributed by atoms with Gasteiger partial charge in [-0.2, -0.15) is 0 Å². The molecule has 1 N–H and O–H groups in total. The van der Waals surface area contributed by atoms with Crippen molar-refractivity contribution in [2.75, 3.05) is 7.11 Å². The second-order valence-electron chi connectivity index (χ2n) is 3.99. The van der Waals surface area contributed by atoms with Gasteiger partial charge in [-0.15, -0.1) is 0 Å². The van der Waals surface area contributed by atoms with Gasteiger partial charge in [-0.3, -0.25) is 4.98 Å². The molecule has 0 atom stereocenters. The fourth-order valence-corrected chi connectivity index (χ4v) is 1.80. The SMILES string of the molecule is COc1c(-c2ccc(O)cn2)ccc(C)c1C. The number of benzene rings is 1. The van der Waals surface area contributed by atoms with E-state index >= 15 is 0 Å². The molecule has 1 heterocycles. The van der Waals surface area contributed by atoms with Crippen LogP contribution < -0.4 is 4.74 Å². The number of ether oxygens (including phenoxy) is 1. The van der Waals surface area contributed by atoms with Gasteiger partial charge in [-0.25, -0.2) is 0 Å². The van der Waals surface area contributed by atoms with Gasteiger partial charge < -0.3 is 9.84 Å². The van der Waals surface area contributed by atoms with E-state index in [-0.39, 0.29) is 5.75 Å². The Morgan fingerprint density at radius 1 is 1.12 bits per heavy atom. The third-order valence-electron chi connectivity index (χ3n) is 2.90. The normalized spacial score (nSPS) is 10.3. The van der Waals surface area contributed by atoms with E-state index in [4.69, 9.17) is 4.74 Å². The smallest absolute Gasteiger partial charge is 0.133 e. The summed E-state index contributed by atoms with van der Waals surface area (Å²) in [5, 5.41) is 9.24. The van der Waals surface area contributed by atoms with E-state index in [1.54, 1.807) is 19.2 Å². The number of hydrogen-bond acceptors (Lipinski definition) is 3. The predicted molar refractivity (Wildman–Crippen MR) is 67.4 cm³/mol. The minimum atomic E-state index is 0.163. The maximum Gasteiger partial charge on any atom is 0.133 e. The lowest BCUT2D eigenvalue weighted by Crippen LogP contribution is -1.94. The molecule has 1 aromatic heterocycles. The number of methoxy groups -OCH3 is 1. The van der Waals surface area contributed by atoms with Crippen LogP contribution in [0.2, 0.25) is 0 Å². The van der Waals surface area contributed by atoms with Crippen molar-refractivity contribution in [2.45, 2.75) is 13.8 Å². The molecule has 3 heteroatoms. The van der Waals surface area contributed by atoms with Gasteiger partial charge >= 0.3 is 0 Å². The molecule has 0 spiro atoms. The van der Waals surface area contributed by atoms with E-state index in [1.807, 2.05) is 26.0 Å². The van der Waals surface area contributed by atoms with Crippen LogP contribution in [0.3, 0.4) is 0 Å². The zero-order valence-electron chi connectivity index (χ0n) is 10.2. The van der Waals surface area contributed by atoms with Crippen LogP contribution >= 0.6 is 0 Å². The molecule has 17 heavy (non-hydrogen) atoms. The van der Waals surface area contributed by atoms with Crippen molar-refractivity contribution < 1.29 is 9.84 Å². The number of rotatable bonds is 2. The summed E-state index contributed by atoms with van der Waals surface area (Å²) < 4.78 is 5.44. The number of nitrogens with zero attached hydrogens (tertiary/aromatic N) is 1. The Balaban J connectivity index is 2.59. The molecule has 0 saturated heterocycles. The monoisotopic (exact) mass is 229 g/mol. The molecule has 3 nitrogen and oxygen atoms in total. The number of aryl methyl sites for hydroxylation is 1. The van der Waals surface area contributed by atoms with Crippen molar-refractivity contribution in [3.8, 4) is 22.8 Å². The third-order valence-corrected chi connectivity index (χ3v) is 2.90. The summed E-state index contributed by atoms with van der Waals surface area (Å²) in [5.41, 5.74) is 4.03. The Hall–Kier alpha value is -2.03. The zero-order valence-corrected chi connectivity index (χ0v) is 10.2. The van der Waals surface area contributed by atoms with Gasteiger partial charge in [0, 0.05) is 5.56 Å². The van der Waals surface area contributed by atoms with E-state index in [0.29, 0.717) is 0 Å². The van der Waals surface area contributed by atoms with Crippen molar-refractivity contribution in [1.82, 2.24) is 4.98 Å². The molecule has 0 aliphatic carbocycles. The highest BCUT2D eigenvalue weighted by molar-refractivity contribution is 5.70. The summed E-state index contributed by atoms with van der Waals surface area (Å²) in [6, 6.07) is 7.43. The Labute approximate surface area is 101 Å². The highest BCUT2D eigenvalue weighted by atomic mass is 16.5. The van der Waals surface area contributed by atoms with Gasteiger partial charge in [0.25, 0.3) is 0 Å². The number of hydrogen-bond donors (Lipinski definition) is 1. The molecule has 0 aliphatic rings. The Kier molecular flexibility index (Phi) is 3.00. The quantitative estimate of drug-likeness (QED) is 0.860. The number of aromatic nitrogens is 1. The van der Waals surface area contributed by atoms with Crippen molar-refractivity contribution >= 4 is 0 Å². The van der Waals surface area contributed by atoms with Gasteiger partial charge in [0.1, 0.15) is 11.5 Å². The van der Waals surface area contributed by atoms with Crippen molar-refractivity contribution in [1.29, 1.82) is 0 Å². The van der Waals surface area contributed by atoms with Crippen LogP contribution in [-0.4, -0.2) is 17.2 Å². The first kappa shape index (κ1) is 11.5. The lowest BCUT2D eigenvalue weighted by molar-refractivity contribution is 0.413. The van der Waals surface area contributed by atoms with E-state index in [9.17, 15) is 5.11 Å². The highest BCUT2D eigenvalue weighted by Crippen LogP contribution is 2.33. The lowest BCUT2D eigenvalue weighted by atomic mass is 10.0. The predicted octanol–water partition coefficient (Wildman–Crippen LogP) is 3.08. The van der Waals surface area contributed by atoms with E-state index in [2.05, 4.69) is 4.98 Å². The van der Waals surface area contributed by atoms with Crippen LogP contribution in [0.25, 0.3) is 11.3 Å². The molecule has 2 rings (SSSR count). The maximum absolute atomic E-state index is 9.24. The van der Waals surface area contributed by atoms with E-state index < -0.39 is 0 Å². The van der Waals surface area contributed by atoms with E-state index in [0.717, 1.165) is 22.6 Å². The van der Waals surface area contributed by atoms with Crippen LogP contribution in [0.4, 0.5) is 0 Å². The summed E-state index contributed by atoms with van der Waals surface area (Å²) in [5.74, 6) is 1.000. The van der Waals surface area contributed by atoms with Crippen LogP contribution in [0.5, 0.6) is 11.5 Å². The zero-order chi connectivity index (χ0) is 12.4. The minimum Gasteiger partial charge on any atom is -0.506 e. The summed E-state index contributed by atoms with van der Waals surface area (Å²) >= 11 is 0. The van der Waals surface area contributed by atoms with Crippen LogP contribution in [0, 0.1) is 13.8 Å². The standard InChI is InChI=1S/C14H15NO2/c1-9-4-6-12(14(17-3)10(9)2)13-7-5-11(16)8-15-13/h4-8,16H,1-3H3. The lowest BCUT2D eigenvalue weighted by Gasteiger charge is -2.13. The molecule has 0 saturated carbocycles. The van der Waals surface area contributed by atoms with Gasteiger partial charge in [0.05, 0.1) is 19.0 Å². The summed E-state index contributed by atoms with van der Waals surface area (Å²) in [4.78, 5) is 4.20. The molecule has 0 aliphatic heterocycles. The van der Waals surface area contributed by atoms with Gasteiger partial charge in [0.15, 0.2) is 0 Å². The largest absolute Gasteiger partial charge is 0.506 e. The van der Waals surface area contributed by atoms with E-state index in [1.165, 1.54) is 11.8 Å². The fraction of sp³-hybridized carbons (Fsp3) is 0.214. The summed E-state index contributed by atoms with van der Waals surface area (Å²) in [7, 11) is 1.66. The Bertz CT molecular complexity index is 533. The molecule has 1 aromatic carbocycles. The minimum absolute atomic E-state index is 0.163. The molecule has 0 fully saturated rings. The molecule has 0 unspecified atom stereocenters. The second kappa shape index (κ2) is 4.45. The molecule has 0 amide bonds. The Morgan fingerprint density at radius 2 is 1.88 bits per heavy atom. The molecular formula is C14H15NO2. The summed E-state index contributed by atoms with van der Waals surface area (Å²) in [6.45, 7) is 4.07. The molecular weight excluding hydrogens is 214 g/mol. The first-order chi connectivity index (χ1) is 8.13. The van der Waals surface area contributed by atoms with Gasteiger partial charge in [0.2, 0.25) is 0 Å². The Morgan fingerprint density at radius 3 is 2.47 bits per heavy atom. The highest BCUT2D eigenvalue weighted by Gasteiger charge is 2.11. The maximum atomic E-state index is 9.24. The van der Waals surface area contributed by atoms with Crippen molar-refractivity contribution in [3.63, 3.8) is 0 Å². The van der Waals surface area contributed by atoms with Gasteiger partial charge in [-0.1, -0.05) is 6.07 Å². The van der Waals surface area contributed by atoms with Crippen molar-refractivity contribution in [3.05, 3.63) is 41.6 Å². The fourth-order valence-electron chi connectivity index (χ4n) is 1.80. The van der Waals surface area contributed by atoms with Crippen LogP contribution in [0.1, 0.15) is 11.1 Å². The van der Waals surface area contributed by atoms with Crippen LogP contribution in [-0.2, 0) is 0 Å². The average Bonchev–Trinajstić information content (AvgIpc) is 2.34. The number of pyridine rings is 1. The third kappa shape index (κ3) is 2.09. The second-order valence-corrected chi connectivity index (χ2v) is 3.99. The molecule has 2 aromatic rings. The molecule has 0 radical (unpaired) electrons. The van der Waals surface area contributed by atoms with Crippen LogP contribution in [0.15, 0.2) is 30.5 Å². The average molecular weight is 229 g/mol. The van der Waals surface area contributed by atoms with Gasteiger partial charge in [-0.05, 0) is 43.2 Å². The first-order valence-corrected chi connectivity index (χ1v) is 5.43. The first-order valence-electron chi connectivity index (χ1n) is 5.43. The molecule has 0 bridgehead atoms. The van der Waals surface area contributed by atoms with Crippen molar-refractivity contribution in [2.24, 2.45) is 0 Å². The number of aromatic hydroxyl groups is 1. The summed E-state index contributed by atoms with van der Waals surface area (Å²) in [6.07, 6.45) is 1.43. The molecule has 88 valence electrons.